The summed E-state index contributed by atoms with van der Waals surface area (Å²) >= 11 is 0. The molecule has 0 bridgehead atoms. The third-order valence-electron chi connectivity index (χ3n) is 4.21. The van der Waals surface area contributed by atoms with Crippen LogP contribution in [-0.4, -0.2) is 29.5 Å². The SMILES string of the molecule is Fc1cc(-c2noc(CNc3ccccc3O[C@@H]3CCOC3)n2)cc(F)c1F. The molecule has 0 radical (unpaired) electrons. The fraction of sp³-hybridized carbons (Fsp3) is 0.263. The summed E-state index contributed by atoms with van der Waals surface area (Å²) in [4.78, 5) is 4.08. The lowest BCUT2D eigenvalue weighted by molar-refractivity contribution is 0.142. The number of ether oxygens (including phenoxy) is 2. The summed E-state index contributed by atoms with van der Waals surface area (Å²) in [5.74, 6) is -3.36. The van der Waals surface area contributed by atoms with Crippen molar-refractivity contribution in [2.45, 2.75) is 19.1 Å². The fourth-order valence-corrected chi connectivity index (χ4v) is 2.80. The number of nitrogens with one attached hydrogen (secondary N) is 1. The first-order chi connectivity index (χ1) is 13.6. The molecule has 1 aliphatic heterocycles. The Labute approximate surface area is 158 Å². The summed E-state index contributed by atoms with van der Waals surface area (Å²) in [5, 5.41) is 6.82. The number of hydrogen-bond acceptors (Lipinski definition) is 6. The number of nitrogens with zero attached hydrogens (tertiary/aromatic N) is 2. The zero-order chi connectivity index (χ0) is 19.5. The first-order valence-corrected chi connectivity index (χ1v) is 8.65. The van der Waals surface area contributed by atoms with Crippen molar-refractivity contribution in [1.29, 1.82) is 0 Å². The molecule has 28 heavy (non-hydrogen) atoms. The Bertz CT molecular complexity index is 951. The van der Waals surface area contributed by atoms with Crippen LogP contribution in [0.25, 0.3) is 11.4 Å². The van der Waals surface area contributed by atoms with E-state index in [0.29, 0.717) is 19.0 Å². The Balaban J connectivity index is 1.45. The van der Waals surface area contributed by atoms with Gasteiger partial charge in [0, 0.05) is 12.0 Å². The first-order valence-electron chi connectivity index (χ1n) is 8.65. The molecule has 1 atom stereocenters. The molecule has 0 aliphatic carbocycles. The van der Waals surface area contributed by atoms with E-state index in [9.17, 15) is 13.2 Å². The van der Waals surface area contributed by atoms with Crippen molar-refractivity contribution in [2.24, 2.45) is 0 Å². The van der Waals surface area contributed by atoms with Crippen molar-refractivity contribution in [2.75, 3.05) is 18.5 Å². The van der Waals surface area contributed by atoms with Gasteiger partial charge in [0.25, 0.3) is 0 Å². The average Bonchev–Trinajstić information content (AvgIpc) is 3.37. The quantitative estimate of drug-likeness (QED) is 0.642. The standard InChI is InChI=1S/C19H16F3N3O3/c20-13-7-11(8-14(21)18(13)22)19-24-17(28-25-19)9-23-15-3-1-2-4-16(15)27-12-5-6-26-10-12/h1-4,7-8,12,23H,5-6,9-10H2/t12-/m1/s1. The third-order valence-corrected chi connectivity index (χ3v) is 4.21. The van der Waals surface area contributed by atoms with E-state index in [0.717, 1.165) is 24.2 Å². The molecule has 2 heterocycles. The third kappa shape index (κ3) is 3.94. The zero-order valence-electron chi connectivity index (χ0n) is 14.6. The van der Waals surface area contributed by atoms with Crippen molar-refractivity contribution in [1.82, 2.24) is 10.1 Å². The van der Waals surface area contributed by atoms with E-state index in [-0.39, 0.29) is 29.9 Å². The van der Waals surface area contributed by atoms with Crippen molar-refractivity contribution in [3.63, 3.8) is 0 Å². The molecular formula is C19H16F3N3O3. The first kappa shape index (κ1) is 18.3. The second-order valence-corrected chi connectivity index (χ2v) is 6.22. The summed E-state index contributed by atoms with van der Waals surface area (Å²) in [6, 6.07) is 9.01. The average molecular weight is 391 g/mol. The van der Waals surface area contributed by atoms with E-state index in [1.807, 2.05) is 24.3 Å². The molecule has 146 valence electrons. The van der Waals surface area contributed by atoms with Crippen molar-refractivity contribution >= 4 is 5.69 Å². The summed E-state index contributed by atoms with van der Waals surface area (Å²) in [5.41, 5.74) is 0.712. The minimum atomic E-state index is -1.54. The van der Waals surface area contributed by atoms with Gasteiger partial charge in [-0.3, -0.25) is 0 Å². The lowest BCUT2D eigenvalue weighted by Crippen LogP contribution is -2.16. The number of halogens is 3. The number of benzene rings is 2. The smallest absolute Gasteiger partial charge is 0.246 e. The molecule has 1 saturated heterocycles. The molecule has 3 aromatic rings. The van der Waals surface area contributed by atoms with Gasteiger partial charge in [0.1, 0.15) is 11.9 Å². The lowest BCUT2D eigenvalue weighted by Gasteiger charge is -2.15. The molecule has 0 saturated carbocycles. The summed E-state index contributed by atoms with van der Waals surface area (Å²) < 4.78 is 56.2. The van der Waals surface area contributed by atoms with Gasteiger partial charge in [0.2, 0.25) is 11.7 Å². The van der Waals surface area contributed by atoms with Gasteiger partial charge in [0.15, 0.2) is 17.5 Å². The van der Waals surface area contributed by atoms with Crippen LogP contribution in [0.2, 0.25) is 0 Å². The van der Waals surface area contributed by atoms with Gasteiger partial charge in [-0.15, -0.1) is 0 Å². The molecule has 4 rings (SSSR count). The molecule has 0 unspecified atom stereocenters. The van der Waals surface area contributed by atoms with Gasteiger partial charge in [0.05, 0.1) is 25.4 Å². The van der Waals surface area contributed by atoms with Gasteiger partial charge in [-0.25, -0.2) is 13.2 Å². The minimum absolute atomic E-state index is 0.00114. The Morgan fingerprint density at radius 1 is 1.14 bits per heavy atom. The molecule has 6 nitrogen and oxygen atoms in total. The van der Waals surface area contributed by atoms with E-state index in [1.165, 1.54) is 0 Å². The van der Waals surface area contributed by atoms with Crippen LogP contribution in [-0.2, 0) is 11.3 Å². The molecule has 9 heteroatoms. The maximum absolute atomic E-state index is 13.4. The van der Waals surface area contributed by atoms with E-state index in [1.54, 1.807) is 0 Å². The molecule has 1 fully saturated rings. The molecule has 2 aromatic carbocycles. The van der Waals surface area contributed by atoms with Crippen LogP contribution in [0.3, 0.4) is 0 Å². The molecule has 1 N–H and O–H groups in total. The highest BCUT2D eigenvalue weighted by atomic mass is 19.2. The van der Waals surface area contributed by atoms with Crippen molar-refractivity contribution < 1.29 is 27.2 Å². The van der Waals surface area contributed by atoms with Crippen LogP contribution in [0, 0.1) is 17.5 Å². The van der Waals surface area contributed by atoms with Gasteiger partial charge < -0.3 is 19.3 Å². The Kier molecular flexibility index (Phi) is 5.16. The Morgan fingerprint density at radius 3 is 2.68 bits per heavy atom. The number of hydrogen-bond donors (Lipinski definition) is 1. The zero-order valence-corrected chi connectivity index (χ0v) is 14.6. The predicted octanol–water partition coefficient (Wildman–Crippen LogP) is 3.93. The Morgan fingerprint density at radius 2 is 1.93 bits per heavy atom. The van der Waals surface area contributed by atoms with Crippen molar-refractivity contribution in [3.05, 3.63) is 59.7 Å². The van der Waals surface area contributed by atoms with E-state index >= 15 is 0 Å². The maximum Gasteiger partial charge on any atom is 0.246 e. The predicted molar refractivity (Wildman–Crippen MR) is 93.2 cm³/mol. The number of anilines is 1. The number of rotatable bonds is 6. The van der Waals surface area contributed by atoms with Gasteiger partial charge in [-0.2, -0.15) is 4.98 Å². The van der Waals surface area contributed by atoms with Crippen LogP contribution in [0.5, 0.6) is 5.75 Å². The topological polar surface area (TPSA) is 69.4 Å². The van der Waals surface area contributed by atoms with E-state index < -0.39 is 17.5 Å². The number of aromatic nitrogens is 2. The normalized spacial score (nSPS) is 16.3. The lowest BCUT2D eigenvalue weighted by atomic mass is 10.2. The summed E-state index contributed by atoms with van der Waals surface area (Å²) in [6.07, 6.45) is 0.827. The van der Waals surface area contributed by atoms with Gasteiger partial charge in [-0.1, -0.05) is 17.3 Å². The molecule has 0 spiro atoms. The van der Waals surface area contributed by atoms with Crippen LogP contribution >= 0.6 is 0 Å². The highest BCUT2D eigenvalue weighted by Crippen LogP contribution is 2.27. The molecule has 0 amide bonds. The van der Waals surface area contributed by atoms with E-state index in [2.05, 4.69) is 15.5 Å². The monoisotopic (exact) mass is 391 g/mol. The number of para-hydroxylation sites is 2. The highest BCUT2D eigenvalue weighted by Gasteiger charge is 2.19. The van der Waals surface area contributed by atoms with Crippen molar-refractivity contribution in [3.8, 4) is 17.1 Å². The summed E-state index contributed by atoms with van der Waals surface area (Å²) in [6.45, 7) is 1.39. The maximum atomic E-state index is 13.4. The van der Waals surface area contributed by atoms with Crippen LogP contribution in [0.4, 0.5) is 18.9 Å². The van der Waals surface area contributed by atoms with Crippen LogP contribution < -0.4 is 10.1 Å². The molecule has 1 aromatic heterocycles. The van der Waals surface area contributed by atoms with E-state index in [4.69, 9.17) is 14.0 Å². The largest absolute Gasteiger partial charge is 0.486 e. The van der Waals surface area contributed by atoms with Gasteiger partial charge >= 0.3 is 0 Å². The molecular weight excluding hydrogens is 375 g/mol. The second-order valence-electron chi connectivity index (χ2n) is 6.22. The minimum Gasteiger partial charge on any atom is -0.486 e. The van der Waals surface area contributed by atoms with Crippen LogP contribution in [0.1, 0.15) is 12.3 Å². The Hall–Kier alpha value is -3.07. The fourth-order valence-electron chi connectivity index (χ4n) is 2.80. The highest BCUT2D eigenvalue weighted by molar-refractivity contribution is 5.57. The molecule has 1 aliphatic rings. The van der Waals surface area contributed by atoms with Gasteiger partial charge in [-0.05, 0) is 24.3 Å². The second kappa shape index (κ2) is 7.89. The summed E-state index contributed by atoms with van der Waals surface area (Å²) in [7, 11) is 0. The van der Waals surface area contributed by atoms with Crippen LogP contribution in [0.15, 0.2) is 40.9 Å².